The highest BCUT2D eigenvalue weighted by atomic mass is 32.2. The van der Waals surface area contributed by atoms with Crippen LogP contribution in [0.4, 0.5) is 11.4 Å². The van der Waals surface area contributed by atoms with E-state index in [0.717, 1.165) is 35.0 Å². The quantitative estimate of drug-likeness (QED) is 0.624. The van der Waals surface area contributed by atoms with Crippen molar-refractivity contribution in [3.05, 3.63) is 53.9 Å². The first-order valence-electron chi connectivity index (χ1n) is 9.73. The summed E-state index contributed by atoms with van der Waals surface area (Å²) in [7, 11) is -0.0754. The lowest BCUT2D eigenvalue weighted by atomic mass is 10.2. The molecular formula is C21H27N5O2S2. The van der Waals surface area contributed by atoms with Gasteiger partial charge in [0.05, 0.1) is 34.8 Å². The summed E-state index contributed by atoms with van der Waals surface area (Å²) in [5.74, 6) is 0.924. The molecule has 160 valence electrons. The molecule has 0 bridgehead atoms. The van der Waals surface area contributed by atoms with E-state index in [1.165, 1.54) is 11.9 Å². The molecule has 0 saturated carbocycles. The fraction of sp³-hybridized carbons (Fsp3) is 0.333. The van der Waals surface area contributed by atoms with Gasteiger partial charge in [0.1, 0.15) is 0 Å². The van der Waals surface area contributed by atoms with E-state index < -0.39 is 10.2 Å². The average molecular weight is 446 g/mol. The van der Waals surface area contributed by atoms with Gasteiger partial charge in [-0.15, -0.1) is 11.8 Å². The Morgan fingerprint density at radius 3 is 2.77 bits per heavy atom. The molecule has 0 fully saturated rings. The number of pyridine rings is 1. The fourth-order valence-electron chi connectivity index (χ4n) is 3.02. The number of nitrogens with zero attached hydrogens (tertiary/aromatic N) is 4. The van der Waals surface area contributed by atoms with Crippen molar-refractivity contribution >= 4 is 45.3 Å². The Kier molecular flexibility index (Phi) is 7.04. The molecule has 1 aliphatic rings. The highest BCUT2D eigenvalue weighted by Crippen LogP contribution is 2.38. The van der Waals surface area contributed by atoms with Crippen molar-refractivity contribution in [2.45, 2.75) is 25.2 Å². The smallest absolute Gasteiger partial charge is 0.342 e. The number of hydrogen-bond acceptors (Lipinski definition) is 6. The van der Waals surface area contributed by atoms with Gasteiger partial charge in [-0.2, -0.15) is 12.8 Å². The molecule has 9 heteroatoms. The second-order valence-electron chi connectivity index (χ2n) is 7.07. The summed E-state index contributed by atoms with van der Waals surface area (Å²) >= 11 is 1.76. The summed E-state index contributed by atoms with van der Waals surface area (Å²) in [6.07, 6.45) is 5.83. The second kappa shape index (κ2) is 9.53. The molecule has 2 heterocycles. The molecule has 7 nitrogen and oxygen atoms in total. The van der Waals surface area contributed by atoms with Gasteiger partial charge >= 0.3 is 10.2 Å². The van der Waals surface area contributed by atoms with Crippen LogP contribution in [-0.2, 0) is 10.2 Å². The first-order valence-corrected chi connectivity index (χ1v) is 12.2. The zero-order valence-electron chi connectivity index (χ0n) is 17.7. The summed E-state index contributed by atoms with van der Waals surface area (Å²) in [4.78, 5) is 9.74. The van der Waals surface area contributed by atoms with Crippen molar-refractivity contribution in [3.8, 4) is 0 Å². The molecule has 1 aromatic heterocycles. The number of fused-ring (bicyclic) bond motifs is 1. The molecule has 0 saturated heterocycles. The lowest BCUT2D eigenvalue weighted by molar-refractivity contribution is 0.593. The van der Waals surface area contributed by atoms with Gasteiger partial charge in [0.25, 0.3) is 0 Å². The molecule has 0 spiro atoms. The molecule has 0 aliphatic carbocycles. The van der Waals surface area contributed by atoms with E-state index in [4.69, 9.17) is 0 Å². The fourth-order valence-corrected chi connectivity index (χ4v) is 4.97. The van der Waals surface area contributed by atoms with Crippen LogP contribution in [0, 0.1) is 0 Å². The molecule has 2 aromatic rings. The summed E-state index contributed by atoms with van der Waals surface area (Å²) < 4.78 is 31.3. The number of aromatic nitrogens is 1. The van der Waals surface area contributed by atoms with Crippen molar-refractivity contribution in [2.24, 2.45) is 4.40 Å². The topological polar surface area (TPSA) is 77.9 Å². The van der Waals surface area contributed by atoms with Crippen LogP contribution in [0.1, 0.15) is 31.5 Å². The van der Waals surface area contributed by atoms with Crippen LogP contribution in [0.15, 0.2) is 51.9 Å². The minimum Gasteiger partial charge on any atom is -0.376 e. The summed E-state index contributed by atoms with van der Waals surface area (Å²) in [5.41, 5.74) is 3.80. The first kappa shape index (κ1) is 22.2. The van der Waals surface area contributed by atoms with Crippen LogP contribution in [0.3, 0.4) is 0 Å². The molecule has 3 rings (SSSR count). The number of hydrogen-bond donors (Lipinski definition) is 1. The maximum Gasteiger partial charge on any atom is 0.342 e. The SMILES string of the molecule is CC=C(NS(=O)(=O)N=Cc1ccc2c(c1)SCN2CCC)c1ccc(N(C)C)cn1. The van der Waals surface area contributed by atoms with Crippen molar-refractivity contribution in [1.29, 1.82) is 0 Å². The Hall–Kier alpha value is -2.52. The largest absolute Gasteiger partial charge is 0.376 e. The van der Waals surface area contributed by atoms with Gasteiger partial charge < -0.3 is 9.80 Å². The third-order valence-electron chi connectivity index (χ3n) is 4.60. The second-order valence-corrected chi connectivity index (χ2v) is 9.43. The van der Waals surface area contributed by atoms with E-state index in [0.29, 0.717) is 11.4 Å². The van der Waals surface area contributed by atoms with Crippen LogP contribution in [0.5, 0.6) is 0 Å². The number of thioether (sulfide) groups is 1. The highest BCUT2D eigenvalue weighted by molar-refractivity contribution is 7.99. The van der Waals surface area contributed by atoms with E-state index in [1.54, 1.807) is 37.0 Å². The standard InChI is InChI=1S/C21H27N5O2S2/c1-5-11-26-15-29-21-12-16(7-10-20(21)26)13-23-30(27,28)24-18(6-2)19-9-8-17(14-22-19)25(3)4/h6-10,12-14,24H,5,11,15H2,1-4H3. The van der Waals surface area contributed by atoms with Crippen LogP contribution >= 0.6 is 11.8 Å². The van der Waals surface area contributed by atoms with E-state index >= 15 is 0 Å². The number of benzene rings is 1. The lowest BCUT2D eigenvalue weighted by Gasteiger charge is -2.16. The lowest BCUT2D eigenvalue weighted by Crippen LogP contribution is -2.21. The zero-order chi connectivity index (χ0) is 21.7. The summed E-state index contributed by atoms with van der Waals surface area (Å²) in [5, 5.41) is 0. The highest BCUT2D eigenvalue weighted by Gasteiger charge is 2.19. The van der Waals surface area contributed by atoms with Crippen molar-refractivity contribution < 1.29 is 8.42 Å². The number of rotatable bonds is 8. The van der Waals surface area contributed by atoms with E-state index in [-0.39, 0.29) is 0 Å². The molecule has 1 N–H and O–H groups in total. The normalized spacial score (nSPS) is 14.3. The zero-order valence-corrected chi connectivity index (χ0v) is 19.3. The Bertz CT molecular complexity index is 1050. The van der Waals surface area contributed by atoms with Crippen LogP contribution in [-0.4, -0.2) is 46.1 Å². The molecule has 0 atom stereocenters. The van der Waals surface area contributed by atoms with Crippen LogP contribution in [0.25, 0.3) is 5.70 Å². The van der Waals surface area contributed by atoms with Gasteiger partial charge in [-0.25, -0.2) is 0 Å². The predicted molar refractivity (Wildman–Crippen MR) is 127 cm³/mol. The molecule has 0 amide bonds. The third-order valence-corrected chi connectivity index (χ3v) is 6.54. The van der Waals surface area contributed by atoms with Gasteiger partial charge in [0.2, 0.25) is 0 Å². The minimum atomic E-state index is -3.92. The van der Waals surface area contributed by atoms with Crippen LogP contribution < -0.4 is 14.5 Å². The number of anilines is 2. The van der Waals surface area contributed by atoms with Crippen molar-refractivity contribution in [3.63, 3.8) is 0 Å². The Morgan fingerprint density at radius 1 is 1.33 bits per heavy atom. The maximum absolute atomic E-state index is 12.5. The number of nitrogens with one attached hydrogen (secondary N) is 1. The van der Waals surface area contributed by atoms with Crippen LogP contribution in [0.2, 0.25) is 0 Å². The average Bonchev–Trinajstić information content (AvgIpc) is 3.13. The van der Waals surface area contributed by atoms with Crippen molar-refractivity contribution in [1.82, 2.24) is 9.71 Å². The first-order chi connectivity index (χ1) is 14.3. The van der Waals surface area contributed by atoms with Crippen molar-refractivity contribution in [2.75, 3.05) is 36.3 Å². The van der Waals surface area contributed by atoms with Gasteiger partial charge in [-0.1, -0.05) is 19.1 Å². The van der Waals surface area contributed by atoms with Gasteiger partial charge in [-0.05, 0) is 43.2 Å². The minimum absolute atomic E-state index is 0.386. The molecule has 1 aromatic carbocycles. The van der Waals surface area contributed by atoms with Gasteiger partial charge in [0, 0.05) is 31.8 Å². The van der Waals surface area contributed by atoms with E-state index in [1.807, 2.05) is 43.3 Å². The Labute approximate surface area is 183 Å². The molecule has 30 heavy (non-hydrogen) atoms. The predicted octanol–water partition coefficient (Wildman–Crippen LogP) is 3.74. The summed E-state index contributed by atoms with van der Waals surface area (Å²) in [6.45, 7) is 4.93. The van der Waals surface area contributed by atoms with Gasteiger partial charge in [0.15, 0.2) is 0 Å². The van der Waals surface area contributed by atoms with E-state index in [2.05, 4.69) is 25.9 Å². The maximum atomic E-state index is 12.5. The number of allylic oxidation sites excluding steroid dienone is 1. The Balaban J connectivity index is 1.72. The van der Waals surface area contributed by atoms with Gasteiger partial charge in [-0.3, -0.25) is 9.71 Å². The van der Waals surface area contributed by atoms with E-state index in [9.17, 15) is 8.42 Å². The third kappa shape index (κ3) is 5.34. The summed E-state index contributed by atoms with van der Waals surface area (Å²) in [6, 6.07) is 9.56. The Morgan fingerprint density at radius 2 is 2.13 bits per heavy atom. The molecule has 0 unspecified atom stereocenters. The molecule has 1 aliphatic heterocycles. The molecule has 0 radical (unpaired) electrons. The monoisotopic (exact) mass is 445 g/mol. The molecular weight excluding hydrogens is 418 g/mol.